The molecule has 1 saturated heterocycles. The number of anilines is 1. The molecule has 32 heavy (non-hydrogen) atoms. The minimum atomic E-state index is -2.59. The van der Waals surface area contributed by atoms with Crippen LogP contribution in [0.5, 0.6) is 11.5 Å². The molecule has 10 heteroatoms. The Morgan fingerprint density at radius 3 is 2.44 bits per heavy atom. The van der Waals surface area contributed by atoms with Crippen LogP contribution in [0.15, 0.2) is 48.7 Å². The molecule has 0 saturated carbocycles. The van der Waals surface area contributed by atoms with Crippen molar-refractivity contribution in [3.05, 3.63) is 59.9 Å². The number of morpholine rings is 1. The first-order valence-electron chi connectivity index (χ1n) is 9.93. The summed E-state index contributed by atoms with van der Waals surface area (Å²) in [5, 5.41) is 0. The Labute approximate surface area is 187 Å². The van der Waals surface area contributed by atoms with Crippen molar-refractivity contribution < 1.29 is 22.6 Å². The van der Waals surface area contributed by atoms with Gasteiger partial charge in [0.15, 0.2) is 17.3 Å². The lowest BCUT2D eigenvalue weighted by Crippen LogP contribution is -2.37. The van der Waals surface area contributed by atoms with E-state index in [2.05, 4.69) is 15.0 Å². The fourth-order valence-electron chi connectivity index (χ4n) is 3.42. The standard InChI is InChI=1S/C22H22N4O5S/c1-29-18-7-6-15(13-19(18)30-2)21(32(27)28)17-14-20(26-9-11-31-12-10-26)25-22(24-17)16-5-3-4-8-23-16/h3-8,13-14H,9-12H2,1-2H3. The van der Waals surface area contributed by atoms with E-state index in [1.165, 1.54) is 14.2 Å². The van der Waals surface area contributed by atoms with Crippen LogP contribution in [0.25, 0.3) is 11.5 Å². The molecule has 2 aromatic heterocycles. The predicted molar refractivity (Wildman–Crippen MR) is 120 cm³/mol. The minimum absolute atomic E-state index is 0.0278. The molecule has 0 aliphatic carbocycles. The van der Waals surface area contributed by atoms with Gasteiger partial charge in [-0.25, -0.2) is 9.97 Å². The zero-order valence-electron chi connectivity index (χ0n) is 17.7. The smallest absolute Gasteiger partial charge is 0.224 e. The first kappa shape index (κ1) is 21.7. The Hall–Kier alpha value is -3.50. The van der Waals surface area contributed by atoms with Gasteiger partial charge in [-0.15, -0.1) is 0 Å². The summed E-state index contributed by atoms with van der Waals surface area (Å²) in [6, 6.07) is 12.0. The van der Waals surface area contributed by atoms with Gasteiger partial charge >= 0.3 is 0 Å². The number of nitrogens with zero attached hydrogens (tertiary/aromatic N) is 4. The van der Waals surface area contributed by atoms with Crippen LogP contribution in [-0.2, 0) is 15.0 Å². The molecule has 1 aliphatic rings. The number of rotatable bonds is 6. The van der Waals surface area contributed by atoms with Crippen molar-refractivity contribution in [3.8, 4) is 23.0 Å². The van der Waals surface area contributed by atoms with Crippen molar-refractivity contribution in [1.29, 1.82) is 0 Å². The van der Waals surface area contributed by atoms with Gasteiger partial charge in [0.1, 0.15) is 16.4 Å². The largest absolute Gasteiger partial charge is 0.493 e. The van der Waals surface area contributed by atoms with Crippen LogP contribution in [0.3, 0.4) is 0 Å². The summed E-state index contributed by atoms with van der Waals surface area (Å²) >= 11 is 0. The van der Waals surface area contributed by atoms with Crippen LogP contribution in [-0.4, -0.2) is 68.8 Å². The second-order valence-corrected chi connectivity index (χ2v) is 7.76. The fraction of sp³-hybridized carbons (Fsp3) is 0.273. The van der Waals surface area contributed by atoms with Crippen molar-refractivity contribution >= 4 is 21.0 Å². The van der Waals surface area contributed by atoms with Crippen LogP contribution in [0.2, 0.25) is 0 Å². The SMILES string of the molecule is COc1ccc(C(c2cc(N3CCOCC3)nc(-c3ccccn3)n2)=S(=O)=O)cc1OC. The molecule has 1 aliphatic heterocycles. The van der Waals surface area contributed by atoms with Crippen molar-refractivity contribution in [3.63, 3.8) is 0 Å². The van der Waals surface area contributed by atoms with Gasteiger partial charge in [0, 0.05) is 30.9 Å². The molecule has 9 nitrogen and oxygen atoms in total. The zero-order chi connectivity index (χ0) is 22.5. The molecule has 0 unspecified atom stereocenters. The van der Waals surface area contributed by atoms with Crippen LogP contribution in [0, 0.1) is 0 Å². The van der Waals surface area contributed by atoms with Gasteiger partial charge in [0.25, 0.3) is 0 Å². The van der Waals surface area contributed by atoms with Crippen molar-refractivity contribution in [2.75, 3.05) is 45.4 Å². The van der Waals surface area contributed by atoms with Gasteiger partial charge in [-0.3, -0.25) is 4.98 Å². The summed E-state index contributed by atoms with van der Waals surface area (Å²) in [6.07, 6.45) is 1.64. The predicted octanol–water partition coefficient (Wildman–Crippen LogP) is 1.84. The molecule has 3 aromatic rings. The average Bonchev–Trinajstić information content (AvgIpc) is 2.84. The van der Waals surface area contributed by atoms with E-state index < -0.39 is 10.3 Å². The zero-order valence-corrected chi connectivity index (χ0v) is 18.5. The topological polar surface area (TPSA) is 104 Å². The van der Waals surface area contributed by atoms with E-state index in [0.29, 0.717) is 60.7 Å². The molecule has 0 N–H and O–H groups in total. The maximum atomic E-state index is 12.4. The summed E-state index contributed by atoms with van der Waals surface area (Å²) in [7, 11) is 0.430. The minimum Gasteiger partial charge on any atom is -0.493 e. The Balaban J connectivity index is 1.89. The third-order valence-electron chi connectivity index (χ3n) is 4.99. The van der Waals surface area contributed by atoms with E-state index in [9.17, 15) is 8.42 Å². The number of methoxy groups -OCH3 is 2. The summed E-state index contributed by atoms with van der Waals surface area (Å²) in [5.74, 6) is 1.87. The lowest BCUT2D eigenvalue weighted by molar-refractivity contribution is 0.122. The normalized spacial score (nSPS) is 13.5. The van der Waals surface area contributed by atoms with Gasteiger partial charge < -0.3 is 19.1 Å². The Kier molecular flexibility index (Phi) is 6.62. The monoisotopic (exact) mass is 454 g/mol. The number of hydrogen-bond donors (Lipinski definition) is 0. The van der Waals surface area contributed by atoms with Crippen molar-refractivity contribution in [1.82, 2.24) is 15.0 Å². The maximum absolute atomic E-state index is 12.4. The number of ether oxygens (including phenoxy) is 3. The van der Waals surface area contributed by atoms with Gasteiger partial charge in [0.05, 0.1) is 33.1 Å². The van der Waals surface area contributed by atoms with E-state index in [-0.39, 0.29) is 10.6 Å². The highest BCUT2D eigenvalue weighted by atomic mass is 32.2. The second kappa shape index (κ2) is 9.75. The molecule has 166 valence electrons. The molecule has 1 aromatic carbocycles. The molecule has 0 amide bonds. The molecule has 3 heterocycles. The number of hydrogen-bond acceptors (Lipinski definition) is 9. The quantitative estimate of drug-likeness (QED) is 0.408. The average molecular weight is 455 g/mol. The van der Waals surface area contributed by atoms with Crippen LogP contribution < -0.4 is 14.4 Å². The van der Waals surface area contributed by atoms with Gasteiger partial charge in [0.2, 0.25) is 10.3 Å². The number of benzene rings is 1. The molecule has 0 bridgehead atoms. The lowest BCUT2D eigenvalue weighted by atomic mass is 10.1. The molecule has 1 fully saturated rings. The highest BCUT2D eigenvalue weighted by molar-refractivity contribution is 7.73. The molecule has 4 rings (SSSR count). The first-order chi connectivity index (χ1) is 15.6. The fourth-order valence-corrected chi connectivity index (χ4v) is 4.02. The van der Waals surface area contributed by atoms with Crippen molar-refractivity contribution in [2.24, 2.45) is 0 Å². The van der Waals surface area contributed by atoms with Crippen molar-refractivity contribution in [2.45, 2.75) is 0 Å². The van der Waals surface area contributed by atoms with E-state index >= 15 is 0 Å². The van der Waals surface area contributed by atoms with Crippen LogP contribution in [0.4, 0.5) is 5.82 Å². The van der Waals surface area contributed by atoms with Gasteiger partial charge in [-0.2, -0.15) is 8.42 Å². The van der Waals surface area contributed by atoms with E-state index in [0.717, 1.165) is 0 Å². The molecule has 0 atom stereocenters. The highest BCUT2D eigenvalue weighted by Crippen LogP contribution is 2.29. The van der Waals surface area contributed by atoms with E-state index in [4.69, 9.17) is 14.2 Å². The molecule has 0 radical (unpaired) electrons. The summed E-state index contributed by atoms with van der Waals surface area (Å²) in [4.78, 5) is 15.6. The molecular formula is C22H22N4O5S. The van der Waals surface area contributed by atoms with E-state index in [1.54, 1.807) is 42.6 Å². The van der Waals surface area contributed by atoms with Crippen LogP contribution in [0.1, 0.15) is 11.3 Å². The Bertz CT molecular complexity index is 1230. The van der Waals surface area contributed by atoms with Crippen LogP contribution >= 0.6 is 0 Å². The third kappa shape index (κ3) is 4.56. The molecule has 0 spiro atoms. The van der Waals surface area contributed by atoms with E-state index in [1.807, 2.05) is 11.0 Å². The summed E-state index contributed by atoms with van der Waals surface area (Å²) < 4.78 is 40.8. The molecular weight excluding hydrogens is 432 g/mol. The number of aromatic nitrogens is 3. The van der Waals surface area contributed by atoms with Gasteiger partial charge in [-0.05, 0) is 30.3 Å². The second-order valence-electron chi connectivity index (χ2n) is 6.88. The maximum Gasteiger partial charge on any atom is 0.224 e. The third-order valence-corrected chi connectivity index (χ3v) is 5.76. The lowest BCUT2D eigenvalue weighted by Gasteiger charge is -2.28. The first-order valence-corrected chi connectivity index (χ1v) is 11.0. The Morgan fingerprint density at radius 2 is 1.78 bits per heavy atom. The summed E-state index contributed by atoms with van der Waals surface area (Å²) in [5.41, 5.74) is 1.24. The Morgan fingerprint density at radius 1 is 1.00 bits per heavy atom. The van der Waals surface area contributed by atoms with Gasteiger partial charge in [-0.1, -0.05) is 6.07 Å². The number of pyridine rings is 1. The summed E-state index contributed by atoms with van der Waals surface area (Å²) in [6.45, 7) is 2.42. The highest BCUT2D eigenvalue weighted by Gasteiger charge is 2.21.